The predicted molar refractivity (Wildman–Crippen MR) is 80.8 cm³/mol. The van der Waals surface area contributed by atoms with Crippen LogP contribution in [0.2, 0.25) is 0 Å². The molecule has 6 heteroatoms. The van der Waals surface area contributed by atoms with Crippen molar-refractivity contribution in [2.24, 2.45) is 5.92 Å². The first-order valence-electron chi connectivity index (χ1n) is 8.08. The molecule has 1 aromatic rings. The molecule has 1 aliphatic carbocycles. The Morgan fingerprint density at radius 2 is 1.78 bits per heavy atom. The summed E-state index contributed by atoms with van der Waals surface area (Å²) in [6.45, 7) is 0.596. The predicted octanol–water partition coefficient (Wildman–Crippen LogP) is 2.49. The van der Waals surface area contributed by atoms with E-state index in [2.05, 4.69) is 5.32 Å². The van der Waals surface area contributed by atoms with Crippen LogP contribution in [0, 0.1) is 17.6 Å². The van der Waals surface area contributed by atoms with Crippen molar-refractivity contribution in [1.29, 1.82) is 0 Å². The number of benzene rings is 1. The summed E-state index contributed by atoms with van der Waals surface area (Å²) in [5.41, 5.74) is -0.118. The number of hydrogen-bond donors (Lipinski definition) is 1. The van der Waals surface area contributed by atoms with E-state index in [-0.39, 0.29) is 18.0 Å². The van der Waals surface area contributed by atoms with Crippen molar-refractivity contribution in [3.05, 3.63) is 35.4 Å². The van der Waals surface area contributed by atoms with Gasteiger partial charge in [-0.1, -0.05) is 12.8 Å². The third-order valence-corrected chi connectivity index (χ3v) is 4.86. The first kappa shape index (κ1) is 15.9. The van der Waals surface area contributed by atoms with Gasteiger partial charge in [0.25, 0.3) is 5.91 Å². The number of carbonyl (C=O) groups is 2. The lowest BCUT2D eigenvalue weighted by atomic mass is 9.85. The third kappa shape index (κ3) is 3.51. The fraction of sp³-hybridized carbons (Fsp3) is 0.529. The van der Waals surface area contributed by atoms with Gasteiger partial charge in [0, 0.05) is 24.2 Å². The summed E-state index contributed by atoms with van der Waals surface area (Å²) in [5.74, 6) is -1.81. The highest BCUT2D eigenvalue weighted by atomic mass is 19.1. The average molecular weight is 322 g/mol. The van der Waals surface area contributed by atoms with Crippen LogP contribution < -0.4 is 5.32 Å². The van der Waals surface area contributed by atoms with E-state index >= 15 is 0 Å². The first-order chi connectivity index (χ1) is 11.0. The summed E-state index contributed by atoms with van der Waals surface area (Å²) in [6.07, 6.45) is 5.59. The molecule has 1 heterocycles. The standard InChI is InChI=1S/C17H20F2N2O2/c18-13-7-12(8-14(19)9-13)17(23)20-10-16(22)21-6-5-11-3-1-2-4-15(11)21/h7-9,11,15H,1-6,10H2,(H,20,23). The molecule has 2 amide bonds. The SMILES string of the molecule is O=C(NCC(=O)N1CCC2CCCCC21)c1cc(F)cc(F)c1. The van der Waals surface area contributed by atoms with Crippen LogP contribution in [-0.4, -0.2) is 35.8 Å². The third-order valence-electron chi connectivity index (χ3n) is 4.86. The second-order valence-electron chi connectivity index (χ2n) is 6.33. The number of nitrogens with zero attached hydrogens (tertiary/aromatic N) is 1. The van der Waals surface area contributed by atoms with Crippen LogP contribution in [0.3, 0.4) is 0 Å². The van der Waals surface area contributed by atoms with E-state index in [1.807, 2.05) is 4.90 Å². The summed E-state index contributed by atoms with van der Waals surface area (Å²) >= 11 is 0. The van der Waals surface area contributed by atoms with Gasteiger partial charge < -0.3 is 10.2 Å². The van der Waals surface area contributed by atoms with E-state index in [1.54, 1.807) is 0 Å². The Hall–Kier alpha value is -1.98. The van der Waals surface area contributed by atoms with E-state index in [0.29, 0.717) is 18.0 Å². The molecular weight excluding hydrogens is 302 g/mol. The maximum Gasteiger partial charge on any atom is 0.251 e. The minimum absolute atomic E-state index is 0.118. The van der Waals surface area contributed by atoms with Gasteiger partial charge in [0.2, 0.25) is 5.91 Å². The van der Waals surface area contributed by atoms with Gasteiger partial charge >= 0.3 is 0 Å². The first-order valence-corrected chi connectivity index (χ1v) is 8.08. The molecular formula is C17H20F2N2O2. The van der Waals surface area contributed by atoms with Gasteiger partial charge in [-0.15, -0.1) is 0 Å². The lowest BCUT2D eigenvalue weighted by molar-refractivity contribution is -0.131. The molecule has 2 aliphatic rings. The van der Waals surface area contributed by atoms with Gasteiger partial charge in [-0.05, 0) is 37.3 Å². The van der Waals surface area contributed by atoms with Crippen molar-refractivity contribution in [2.45, 2.75) is 38.1 Å². The summed E-state index contributed by atoms with van der Waals surface area (Å²) in [7, 11) is 0. The summed E-state index contributed by atoms with van der Waals surface area (Å²) in [5, 5.41) is 2.46. The Kier molecular flexibility index (Phi) is 4.59. The van der Waals surface area contributed by atoms with Crippen molar-refractivity contribution < 1.29 is 18.4 Å². The Morgan fingerprint density at radius 3 is 2.52 bits per heavy atom. The fourth-order valence-corrected chi connectivity index (χ4v) is 3.76. The fourth-order valence-electron chi connectivity index (χ4n) is 3.76. The summed E-state index contributed by atoms with van der Waals surface area (Å²) in [4.78, 5) is 26.1. The normalized spacial score (nSPS) is 23.5. The zero-order valence-electron chi connectivity index (χ0n) is 12.9. The molecule has 4 nitrogen and oxygen atoms in total. The monoisotopic (exact) mass is 322 g/mol. The van der Waals surface area contributed by atoms with E-state index in [0.717, 1.165) is 37.9 Å². The molecule has 3 rings (SSSR count). The Balaban J connectivity index is 1.57. The van der Waals surface area contributed by atoms with Gasteiger partial charge in [-0.3, -0.25) is 9.59 Å². The van der Waals surface area contributed by atoms with Crippen LogP contribution >= 0.6 is 0 Å². The number of amides is 2. The Labute approximate surface area is 133 Å². The lowest BCUT2D eigenvalue weighted by Crippen LogP contribution is -2.44. The number of rotatable bonds is 3. The quantitative estimate of drug-likeness (QED) is 0.929. The number of carbonyl (C=O) groups excluding carboxylic acids is 2. The van der Waals surface area contributed by atoms with Gasteiger partial charge in [0.1, 0.15) is 11.6 Å². The van der Waals surface area contributed by atoms with Crippen molar-refractivity contribution in [3.63, 3.8) is 0 Å². The molecule has 1 saturated heterocycles. The van der Waals surface area contributed by atoms with Crippen LogP contribution in [0.1, 0.15) is 42.5 Å². The van der Waals surface area contributed by atoms with Crippen LogP contribution in [0.5, 0.6) is 0 Å². The second kappa shape index (κ2) is 6.64. The molecule has 0 aromatic heterocycles. The van der Waals surface area contributed by atoms with E-state index < -0.39 is 17.5 Å². The van der Waals surface area contributed by atoms with Gasteiger partial charge in [0.15, 0.2) is 0 Å². The highest BCUT2D eigenvalue weighted by Crippen LogP contribution is 2.35. The average Bonchev–Trinajstić information content (AvgIpc) is 2.95. The smallest absolute Gasteiger partial charge is 0.251 e. The molecule has 124 valence electrons. The maximum absolute atomic E-state index is 13.1. The largest absolute Gasteiger partial charge is 0.343 e. The van der Waals surface area contributed by atoms with Crippen LogP contribution in [-0.2, 0) is 4.79 Å². The minimum Gasteiger partial charge on any atom is -0.343 e. The van der Waals surface area contributed by atoms with E-state index in [4.69, 9.17) is 0 Å². The number of hydrogen-bond acceptors (Lipinski definition) is 2. The van der Waals surface area contributed by atoms with E-state index in [9.17, 15) is 18.4 Å². The van der Waals surface area contributed by atoms with Crippen LogP contribution in [0.4, 0.5) is 8.78 Å². The Bertz CT molecular complexity index is 600. The van der Waals surface area contributed by atoms with Gasteiger partial charge in [-0.2, -0.15) is 0 Å². The molecule has 0 radical (unpaired) electrons. The number of fused-ring (bicyclic) bond motifs is 1. The zero-order chi connectivity index (χ0) is 16.4. The Morgan fingerprint density at radius 1 is 1.09 bits per heavy atom. The molecule has 1 N–H and O–H groups in total. The molecule has 0 spiro atoms. The van der Waals surface area contributed by atoms with Crippen LogP contribution in [0.15, 0.2) is 18.2 Å². The van der Waals surface area contributed by atoms with Crippen molar-refractivity contribution >= 4 is 11.8 Å². The lowest BCUT2D eigenvalue weighted by Gasteiger charge is -2.31. The molecule has 2 unspecified atom stereocenters. The minimum atomic E-state index is -0.814. The molecule has 1 saturated carbocycles. The molecule has 1 aromatic carbocycles. The van der Waals surface area contributed by atoms with Crippen molar-refractivity contribution in [2.75, 3.05) is 13.1 Å². The highest BCUT2D eigenvalue weighted by molar-refractivity contribution is 5.96. The molecule has 0 bridgehead atoms. The van der Waals surface area contributed by atoms with Crippen LogP contribution in [0.25, 0.3) is 0 Å². The summed E-state index contributed by atoms with van der Waals surface area (Å²) < 4.78 is 26.2. The van der Waals surface area contributed by atoms with Gasteiger partial charge in [-0.25, -0.2) is 8.78 Å². The number of halogens is 2. The molecule has 23 heavy (non-hydrogen) atoms. The molecule has 2 fully saturated rings. The number of likely N-dealkylation sites (tertiary alicyclic amines) is 1. The zero-order valence-corrected chi connectivity index (χ0v) is 12.9. The topological polar surface area (TPSA) is 49.4 Å². The van der Waals surface area contributed by atoms with Crippen molar-refractivity contribution in [3.8, 4) is 0 Å². The summed E-state index contributed by atoms with van der Waals surface area (Å²) in [6, 6.07) is 2.90. The molecule has 1 aliphatic heterocycles. The van der Waals surface area contributed by atoms with Crippen molar-refractivity contribution in [1.82, 2.24) is 10.2 Å². The number of nitrogens with one attached hydrogen (secondary N) is 1. The second-order valence-corrected chi connectivity index (χ2v) is 6.33. The molecule has 2 atom stereocenters. The maximum atomic E-state index is 13.1. The van der Waals surface area contributed by atoms with Gasteiger partial charge in [0.05, 0.1) is 6.54 Å². The highest BCUT2D eigenvalue weighted by Gasteiger charge is 2.37. The van der Waals surface area contributed by atoms with E-state index in [1.165, 1.54) is 12.8 Å².